The number of anilines is 1. The number of carbonyl (C=O) groups is 3. The molecule has 0 aliphatic carbocycles. The highest BCUT2D eigenvalue weighted by molar-refractivity contribution is 6.17. The van der Waals surface area contributed by atoms with Gasteiger partial charge in [0.1, 0.15) is 12.7 Å². The second kappa shape index (κ2) is 7.68. The molecule has 0 spiro atoms. The predicted octanol–water partition coefficient (Wildman–Crippen LogP) is 2.56. The van der Waals surface area contributed by atoms with Gasteiger partial charge in [-0.05, 0) is 30.3 Å². The van der Waals surface area contributed by atoms with E-state index in [1.54, 1.807) is 47.5 Å². The quantitative estimate of drug-likeness (QED) is 0.698. The van der Waals surface area contributed by atoms with Crippen LogP contribution in [0.3, 0.4) is 0 Å². The van der Waals surface area contributed by atoms with Crippen LogP contribution in [0.15, 0.2) is 72.9 Å². The summed E-state index contributed by atoms with van der Waals surface area (Å²) in [4.78, 5) is 46.5. The summed E-state index contributed by atoms with van der Waals surface area (Å²) >= 11 is 0. The Labute approximate surface area is 179 Å². The second-order valence-corrected chi connectivity index (χ2v) is 7.51. The van der Waals surface area contributed by atoms with Gasteiger partial charge in [0.05, 0.1) is 11.3 Å². The lowest BCUT2D eigenvalue weighted by Gasteiger charge is -2.40. The van der Waals surface area contributed by atoms with Gasteiger partial charge >= 0.3 is 0 Å². The molecule has 7 heteroatoms. The first kappa shape index (κ1) is 19.0. The van der Waals surface area contributed by atoms with Gasteiger partial charge in [-0.2, -0.15) is 0 Å². The standard InChI is InChI=1S/C24H20N4O3/c29-21(26-14-12-16-7-5-6-13-25-16)15-27-22-17-8-1-2-9-18(17)24(31)28(22)20-11-4-3-10-19(20)23(27)30/h1-11,13,22H,12,14-15H2,(H,26,29)/t22-/m1/s1. The fourth-order valence-corrected chi connectivity index (χ4v) is 4.22. The molecule has 3 amide bonds. The van der Waals surface area contributed by atoms with Crippen molar-refractivity contribution >= 4 is 23.4 Å². The van der Waals surface area contributed by atoms with E-state index in [1.165, 1.54) is 4.90 Å². The average molecular weight is 412 g/mol. The minimum Gasteiger partial charge on any atom is -0.354 e. The first-order valence-electron chi connectivity index (χ1n) is 10.1. The Balaban J connectivity index is 1.40. The van der Waals surface area contributed by atoms with E-state index in [-0.39, 0.29) is 24.3 Å². The number of pyridine rings is 1. The van der Waals surface area contributed by atoms with Crippen molar-refractivity contribution in [3.05, 3.63) is 95.3 Å². The van der Waals surface area contributed by atoms with Crippen molar-refractivity contribution in [1.82, 2.24) is 15.2 Å². The van der Waals surface area contributed by atoms with Crippen LogP contribution in [0.25, 0.3) is 0 Å². The van der Waals surface area contributed by atoms with Gasteiger partial charge in [-0.1, -0.05) is 36.4 Å². The molecule has 0 bridgehead atoms. The van der Waals surface area contributed by atoms with E-state index in [0.717, 1.165) is 11.3 Å². The molecule has 7 nitrogen and oxygen atoms in total. The van der Waals surface area contributed by atoms with E-state index in [9.17, 15) is 14.4 Å². The minimum atomic E-state index is -0.632. The maximum Gasteiger partial charge on any atom is 0.260 e. The van der Waals surface area contributed by atoms with Crippen LogP contribution < -0.4 is 10.2 Å². The fraction of sp³-hybridized carbons (Fsp3) is 0.167. The van der Waals surface area contributed by atoms with Crippen LogP contribution in [0.1, 0.15) is 38.1 Å². The molecule has 2 aliphatic heterocycles. The van der Waals surface area contributed by atoms with Gasteiger partial charge < -0.3 is 10.2 Å². The molecule has 1 N–H and O–H groups in total. The summed E-state index contributed by atoms with van der Waals surface area (Å²) < 4.78 is 0. The number of benzene rings is 2. The van der Waals surface area contributed by atoms with E-state index in [2.05, 4.69) is 10.3 Å². The minimum absolute atomic E-state index is 0.141. The monoisotopic (exact) mass is 412 g/mol. The molecule has 0 saturated carbocycles. The number of carbonyl (C=O) groups excluding carboxylic acids is 3. The Morgan fingerprint density at radius 3 is 2.45 bits per heavy atom. The number of rotatable bonds is 5. The largest absolute Gasteiger partial charge is 0.354 e. The molecule has 0 saturated heterocycles. The summed E-state index contributed by atoms with van der Waals surface area (Å²) in [6.07, 6.45) is 1.68. The van der Waals surface area contributed by atoms with Crippen LogP contribution in [0.5, 0.6) is 0 Å². The molecular weight excluding hydrogens is 392 g/mol. The van der Waals surface area contributed by atoms with Crippen LogP contribution >= 0.6 is 0 Å². The molecule has 2 aromatic carbocycles. The maximum atomic E-state index is 13.3. The summed E-state index contributed by atoms with van der Waals surface area (Å²) in [5, 5.41) is 2.86. The van der Waals surface area contributed by atoms with Crippen molar-refractivity contribution in [2.45, 2.75) is 12.6 Å². The average Bonchev–Trinajstić information content (AvgIpc) is 3.10. The molecule has 0 fully saturated rings. The normalized spacial score (nSPS) is 16.6. The Kier molecular flexibility index (Phi) is 4.71. The van der Waals surface area contributed by atoms with Crippen LogP contribution in [-0.2, 0) is 11.2 Å². The number of nitrogens with one attached hydrogen (secondary N) is 1. The molecule has 31 heavy (non-hydrogen) atoms. The molecule has 5 rings (SSSR count). The van der Waals surface area contributed by atoms with Crippen LogP contribution in [0.2, 0.25) is 0 Å². The second-order valence-electron chi connectivity index (χ2n) is 7.51. The zero-order chi connectivity index (χ0) is 21.4. The molecule has 154 valence electrons. The molecule has 3 heterocycles. The van der Waals surface area contributed by atoms with Crippen molar-refractivity contribution in [3.8, 4) is 0 Å². The number of aromatic nitrogens is 1. The molecular formula is C24H20N4O3. The Morgan fingerprint density at radius 2 is 1.65 bits per heavy atom. The van der Waals surface area contributed by atoms with Gasteiger partial charge in [-0.3, -0.25) is 24.3 Å². The highest BCUT2D eigenvalue weighted by atomic mass is 16.2. The highest BCUT2D eigenvalue weighted by Gasteiger charge is 2.47. The maximum absolute atomic E-state index is 13.3. The SMILES string of the molecule is O=C(CN1C(=O)c2ccccc2N2C(=O)c3ccccc3[C@H]12)NCCc1ccccn1. The Bertz CT molecular complexity index is 1180. The summed E-state index contributed by atoms with van der Waals surface area (Å²) in [6.45, 7) is 0.274. The van der Waals surface area contributed by atoms with Crippen LogP contribution in [0.4, 0.5) is 5.69 Å². The third kappa shape index (κ3) is 3.24. The van der Waals surface area contributed by atoms with Gasteiger partial charge in [0.15, 0.2) is 0 Å². The zero-order valence-corrected chi connectivity index (χ0v) is 16.7. The number of fused-ring (bicyclic) bond motifs is 5. The summed E-state index contributed by atoms with van der Waals surface area (Å²) in [7, 11) is 0. The van der Waals surface area contributed by atoms with E-state index >= 15 is 0 Å². The molecule has 1 atom stereocenters. The smallest absolute Gasteiger partial charge is 0.260 e. The van der Waals surface area contributed by atoms with Crippen molar-refractivity contribution in [2.75, 3.05) is 18.0 Å². The van der Waals surface area contributed by atoms with Crippen LogP contribution in [-0.4, -0.2) is 40.7 Å². The van der Waals surface area contributed by atoms with Gasteiger partial charge in [0.2, 0.25) is 5.91 Å². The lowest BCUT2D eigenvalue weighted by molar-refractivity contribution is -0.122. The topological polar surface area (TPSA) is 82.6 Å². The van der Waals surface area contributed by atoms with Crippen molar-refractivity contribution in [3.63, 3.8) is 0 Å². The molecule has 2 aliphatic rings. The first-order chi connectivity index (χ1) is 15.1. The van der Waals surface area contributed by atoms with Crippen molar-refractivity contribution < 1.29 is 14.4 Å². The lowest BCUT2D eigenvalue weighted by atomic mass is 10.0. The van der Waals surface area contributed by atoms with E-state index in [1.807, 2.05) is 30.3 Å². The number of hydrogen-bond acceptors (Lipinski definition) is 4. The first-order valence-corrected chi connectivity index (χ1v) is 10.1. The predicted molar refractivity (Wildman–Crippen MR) is 114 cm³/mol. The van der Waals surface area contributed by atoms with E-state index < -0.39 is 6.17 Å². The Morgan fingerprint density at radius 1 is 0.903 bits per heavy atom. The van der Waals surface area contributed by atoms with Gasteiger partial charge in [0, 0.05) is 36.0 Å². The number of amides is 3. The lowest BCUT2D eigenvalue weighted by Crippen LogP contribution is -2.51. The fourth-order valence-electron chi connectivity index (χ4n) is 4.22. The van der Waals surface area contributed by atoms with Crippen LogP contribution in [0, 0.1) is 0 Å². The summed E-state index contributed by atoms with van der Waals surface area (Å²) in [6, 6.07) is 19.9. The van der Waals surface area contributed by atoms with E-state index in [4.69, 9.17) is 0 Å². The van der Waals surface area contributed by atoms with Crippen molar-refractivity contribution in [2.24, 2.45) is 0 Å². The number of nitrogens with zero attached hydrogens (tertiary/aromatic N) is 3. The van der Waals surface area contributed by atoms with E-state index in [0.29, 0.717) is 29.8 Å². The van der Waals surface area contributed by atoms with Gasteiger partial charge in [-0.25, -0.2) is 0 Å². The zero-order valence-electron chi connectivity index (χ0n) is 16.7. The third-order valence-electron chi connectivity index (χ3n) is 5.63. The molecule has 0 unspecified atom stereocenters. The molecule has 3 aromatic rings. The number of hydrogen-bond donors (Lipinski definition) is 1. The van der Waals surface area contributed by atoms with Gasteiger partial charge in [0.25, 0.3) is 11.8 Å². The highest BCUT2D eigenvalue weighted by Crippen LogP contribution is 2.44. The number of para-hydroxylation sites is 1. The summed E-state index contributed by atoms with van der Waals surface area (Å²) in [5.41, 5.74) is 3.16. The third-order valence-corrected chi connectivity index (χ3v) is 5.63. The Hall–Kier alpha value is -4.00. The van der Waals surface area contributed by atoms with Crippen molar-refractivity contribution in [1.29, 1.82) is 0 Å². The summed E-state index contributed by atoms with van der Waals surface area (Å²) in [5.74, 6) is -0.706. The molecule has 1 aromatic heterocycles. The molecule has 0 radical (unpaired) electrons. The van der Waals surface area contributed by atoms with Gasteiger partial charge in [-0.15, -0.1) is 0 Å².